The van der Waals surface area contributed by atoms with Gasteiger partial charge in [0.2, 0.25) is 0 Å². The van der Waals surface area contributed by atoms with Crippen molar-refractivity contribution < 1.29 is 9.47 Å². The van der Waals surface area contributed by atoms with Crippen molar-refractivity contribution in [1.29, 1.82) is 0 Å². The maximum atomic E-state index is 5.68. The highest BCUT2D eigenvalue weighted by Crippen LogP contribution is 2.42. The molecule has 3 rings (SSSR count). The lowest BCUT2D eigenvalue weighted by Crippen LogP contribution is -2.44. The predicted molar refractivity (Wildman–Crippen MR) is 73.0 cm³/mol. The van der Waals surface area contributed by atoms with Gasteiger partial charge in [-0.05, 0) is 30.2 Å². The fourth-order valence-corrected chi connectivity index (χ4v) is 3.55. The van der Waals surface area contributed by atoms with E-state index in [-0.39, 0.29) is 5.60 Å². The Bertz CT molecular complexity index is 369. The number of ether oxygens (including phenoxy) is 2. The molecule has 0 amide bonds. The Morgan fingerprint density at radius 1 is 1.61 bits per heavy atom. The van der Waals surface area contributed by atoms with Crippen LogP contribution < -0.4 is 5.32 Å². The van der Waals surface area contributed by atoms with Crippen LogP contribution in [0.1, 0.15) is 30.2 Å². The summed E-state index contributed by atoms with van der Waals surface area (Å²) < 4.78 is 11.2. The molecule has 2 heterocycles. The minimum absolute atomic E-state index is 0.107. The first-order chi connectivity index (χ1) is 8.83. The fraction of sp³-hybridized carbons (Fsp3) is 0.714. The van der Waals surface area contributed by atoms with E-state index < -0.39 is 0 Å². The first kappa shape index (κ1) is 12.6. The molecular weight excluding hydrogens is 246 g/mol. The van der Waals surface area contributed by atoms with Crippen molar-refractivity contribution in [1.82, 2.24) is 5.32 Å². The van der Waals surface area contributed by atoms with E-state index in [1.807, 2.05) is 11.3 Å². The van der Waals surface area contributed by atoms with Crippen LogP contribution in [0.25, 0.3) is 0 Å². The fourth-order valence-electron chi connectivity index (χ4n) is 2.65. The number of hydrogen-bond acceptors (Lipinski definition) is 4. The molecule has 0 aromatic carbocycles. The van der Waals surface area contributed by atoms with Crippen LogP contribution in [-0.2, 0) is 9.47 Å². The summed E-state index contributed by atoms with van der Waals surface area (Å²) in [5.41, 5.74) is -0.107. The van der Waals surface area contributed by atoms with Crippen LogP contribution in [-0.4, -0.2) is 32.5 Å². The Morgan fingerprint density at radius 2 is 2.50 bits per heavy atom. The molecule has 1 saturated carbocycles. The second-order valence-corrected chi connectivity index (χ2v) is 6.38. The zero-order valence-electron chi connectivity index (χ0n) is 10.9. The predicted octanol–water partition coefficient (Wildman–Crippen LogP) is 2.59. The largest absolute Gasteiger partial charge is 0.378 e. The maximum Gasteiger partial charge on any atom is 0.106 e. The van der Waals surface area contributed by atoms with E-state index in [1.165, 1.54) is 17.7 Å². The summed E-state index contributed by atoms with van der Waals surface area (Å²) in [4.78, 5) is 1.46. The van der Waals surface area contributed by atoms with Gasteiger partial charge in [0.15, 0.2) is 0 Å². The molecule has 1 aromatic rings. The lowest BCUT2D eigenvalue weighted by molar-refractivity contribution is -0.0179. The topological polar surface area (TPSA) is 30.5 Å². The Balaban J connectivity index is 1.63. The van der Waals surface area contributed by atoms with Crippen LogP contribution >= 0.6 is 11.3 Å². The zero-order valence-corrected chi connectivity index (χ0v) is 11.7. The highest BCUT2D eigenvalue weighted by atomic mass is 32.1. The monoisotopic (exact) mass is 267 g/mol. The Morgan fingerprint density at radius 3 is 3.06 bits per heavy atom. The Kier molecular flexibility index (Phi) is 3.71. The van der Waals surface area contributed by atoms with Gasteiger partial charge >= 0.3 is 0 Å². The molecule has 0 radical (unpaired) electrons. The van der Waals surface area contributed by atoms with Gasteiger partial charge in [0.25, 0.3) is 0 Å². The van der Waals surface area contributed by atoms with E-state index >= 15 is 0 Å². The van der Waals surface area contributed by atoms with Crippen molar-refractivity contribution >= 4 is 11.3 Å². The lowest BCUT2D eigenvalue weighted by atomic mass is 10.0. The quantitative estimate of drug-likeness (QED) is 0.859. The second kappa shape index (κ2) is 5.29. The summed E-state index contributed by atoms with van der Waals surface area (Å²) in [6.07, 6.45) is 3.70. The van der Waals surface area contributed by atoms with Crippen molar-refractivity contribution in [3.05, 3.63) is 22.4 Å². The van der Waals surface area contributed by atoms with Gasteiger partial charge in [-0.15, -0.1) is 11.3 Å². The van der Waals surface area contributed by atoms with Crippen molar-refractivity contribution in [3.63, 3.8) is 0 Å². The van der Waals surface area contributed by atoms with Crippen LogP contribution in [0.2, 0.25) is 0 Å². The van der Waals surface area contributed by atoms with E-state index in [0.29, 0.717) is 6.04 Å². The smallest absolute Gasteiger partial charge is 0.106 e. The van der Waals surface area contributed by atoms with Crippen molar-refractivity contribution in [2.45, 2.75) is 30.9 Å². The van der Waals surface area contributed by atoms with Crippen LogP contribution in [0.15, 0.2) is 17.5 Å². The summed E-state index contributed by atoms with van der Waals surface area (Å²) >= 11 is 1.85. The lowest BCUT2D eigenvalue weighted by Gasteiger charge is -2.29. The number of methoxy groups -OCH3 is 1. The molecule has 3 nitrogen and oxygen atoms in total. The van der Waals surface area contributed by atoms with Crippen molar-refractivity contribution in [2.24, 2.45) is 5.92 Å². The minimum Gasteiger partial charge on any atom is -0.378 e. The van der Waals surface area contributed by atoms with Gasteiger partial charge in [-0.3, -0.25) is 0 Å². The molecule has 4 heteroatoms. The number of thiophene rings is 1. The van der Waals surface area contributed by atoms with E-state index in [1.54, 1.807) is 7.11 Å². The molecule has 0 bridgehead atoms. The van der Waals surface area contributed by atoms with Gasteiger partial charge in [0, 0.05) is 37.6 Å². The van der Waals surface area contributed by atoms with Crippen molar-refractivity contribution in [3.8, 4) is 0 Å². The molecule has 1 N–H and O–H groups in total. The molecule has 18 heavy (non-hydrogen) atoms. The Labute approximate surface area is 112 Å². The molecule has 1 aliphatic heterocycles. The van der Waals surface area contributed by atoms with Gasteiger partial charge < -0.3 is 14.8 Å². The first-order valence-corrected chi connectivity index (χ1v) is 7.61. The van der Waals surface area contributed by atoms with Crippen LogP contribution in [0.4, 0.5) is 0 Å². The second-order valence-electron chi connectivity index (χ2n) is 5.40. The molecule has 1 saturated heterocycles. The highest BCUT2D eigenvalue weighted by Gasteiger charge is 2.38. The van der Waals surface area contributed by atoms with Gasteiger partial charge in [-0.25, -0.2) is 0 Å². The molecule has 2 atom stereocenters. The van der Waals surface area contributed by atoms with E-state index in [0.717, 1.165) is 32.1 Å². The van der Waals surface area contributed by atoms with Crippen molar-refractivity contribution in [2.75, 3.05) is 26.9 Å². The third-order valence-electron chi connectivity index (χ3n) is 4.09. The number of hydrogen-bond donors (Lipinski definition) is 1. The van der Waals surface area contributed by atoms with Gasteiger partial charge in [0.1, 0.15) is 5.60 Å². The van der Waals surface area contributed by atoms with E-state index in [2.05, 4.69) is 22.8 Å². The molecule has 2 fully saturated rings. The third-order valence-corrected chi connectivity index (χ3v) is 5.04. The zero-order chi connectivity index (χ0) is 12.4. The summed E-state index contributed by atoms with van der Waals surface area (Å²) in [7, 11) is 1.80. The third kappa shape index (κ3) is 2.62. The van der Waals surface area contributed by atoms with E-state index in [4.69, 9.17) is 9.47 Å². The molecular formula is C14H21NO2S. The van der Waals surface area contributed by atoms with Crippen LogP contribution in [0.5, 0.6) is 0 Å². The molecule has 2 unspecified atom stereocenters. The van der Waals surface area contributed by atoms with Gasteiger partial charge in [0.05, 0.1) is 6.61 Å². The SMILES string of the molecule is COC1(CNC(c2cccs2)C2CC2)CCOC1. The summed E-state index contributed by atoms with van der Waals surface area (Å²) in [5.74, 6) is 0.819. The van der Waals surface area contributed by atoms with Crippen LogP contribution in [0.3, 0.4) is 0 Å². The van der Waals surface area contributed by atoms with Gasteiger partial charge in [-0.1, -0.05) is 6.07 Å². The standard InChI is InChI=1S/C14H21NO2S/c1-16-14(6-7-17-10-14)9-15-13(11-4-5-11)12-3-2-8-18-12/h2-3,8,11,13,15H,4-7,9-10H2,1H3. The normalized spacial score (nSPS) is 29.6. The molecule has 1 aliphatic carbocycles. The molecule has 0 spiro atoms. The minimum atomic E-state index is -0.107. The molecule has 2 aliphatic rings. The summed E-state index contributed by atoms with van der Waals surface area (Å²) in [5, 5.41) is 5.89. The summed E-state index contributed by atoms with van der Waals surface area (Å²) in [6.45, 7) is 2.43. The van der Waals surface area contributed by atoms with E-state index in [9.17, 15) is 0 Å². The van der Waals surface area contributed by atoms with Crippen LogP contribution in [0, 0.1) is 5.92 Å². The maximum absolute atomic E-state index is 5.68. The molecule has 100 valence electrons. The Hall–Kier alpha value is -0.420. The molecule has 1 aromatic heterocycles. The average molecular weight is 267 g/mol. The van der Waals surface area contributed by atoms with Gasteiger partial charge in [-0.2, -0.15) is 0 Å². The first-order valence-electron chi connectivity index (χ1n) is 6.73. The average Bonchev–Trinajstić information content (AvgIpc) is 2.93. The highest BCUT2D eigenvalue weighted by molar-refractivity contribution is 7.10. The summed E-state index contributed by atoms with van der Waals surface area (Å²) in [6, 6.07) is 4.89. The number of rotatable bonds is 6. The number of nitrogens with one attached hydrogen (secondary N) is 1.